The van der Waals surface area contributed by atoms with Crippen molar-refractivity contribution in [1.29, 1.82) is 0 Å². The number of phenols is 1. The lowest BCUT2D eigenvalue weighted by Crippen LogP contribution is -2.31. The molecular formula is C34H47N3O. The van der Waals surface area contributed by atoms with Gasteiger partial charge in [0.05, 0.1) is 5.52 Å². The average Bonchev–Trinajstić information content (AvgIpc) is 3.75. The number of benzene rings is 2. The van der Waals surface area contributed by atoms with Gasteiger partial charge in [-0.05, 0) is 83.6 Å². The number of aryl methyl sites for hydroxylation is 1. The number of rotatable bonds is 9. The summed E-state index contributed by atoms with van der Waals surface area (Å²) in [4.78, 5) is 7.93. The fourth-order valence-electron chi connectivity index (χ4n) is 5.54. The maximum absolute atomic E-state index is 11.1. The van der Waals surface area contributed by atoms with Crippen molar-refractivity contribution in [2.24, 2.45) is 11.8 Å². The molecule has 2 aliphatic rings. The van der Waals surface area contributed by atoms with Gasteiger partial charge in [0.1, 0.15) is 11.6 Å². The normalized spacial score (nSPS) is 16.3. The Morgan fingerprint density at radius 1 is 0.868 bits per heavy atom. The van der Waals surface area contributed by atoms with Crippen LogP contribution in [0.15, 0.2) is 36.4 Å². The third-order valence-corrected chi connectivity index (χ3v) is 8.18. The number of phenolic OH excluding ortho intramolecular Hbond substituents is 1. The first-order valence-electron chi connectivity index (χ1n) is 14.6. The van der Waals surface area contributed by atoms with Gasteiger partial charge < -0.3 is 15.3 Å². The smallest absolute Gasteiger partial charge is 0.133 e. The highest BCUT2D eigenvalue weighted by Crippen LogP contribution is 2.40. The second-order valence-corrected chi connectivity index (χ2v) is 14.1. The summed E-state index contributed by atoms with van der Waals surface area (Å²) in [6.45, 7) is 19.0. The lowest BCUT2D eigenvalue weighted by molar-refractivity contribution is 0.422. The molecule has 0 aliphatic heterocycles. The van der Waals surface area contributed by atoms with E-state index in [4.69, 9.17) is 4.98 Å². The van der Waals surface area contributed by atoms with Crippen molar-refractivity contribution >= 4 is 16.7 Å². The Hall–Kier alpha value is -2.59. The molecule has 0 radical (unpaired) electrons. The van der Waals surface area contributed by atoms with Gasteiger partial charge in [0.2, 0.25) is 0 Å². The molecule has 3 aromatic rings. The number of fused-ring (bicyclic) bond motifs is 1. The van der Waals surface area contributed by atoms with E-state index in [1.165, 1.54) is 53.6 Å². The second-order valence-electron chi connectivity index (χ2n) is 14.1. The van der Waals surface area contributed by atoms with Gasteiger partial charge in [-0.15, -0.1) is 0 Å². The number of anilines is 1. The Morgan fingerprint density at radius 2 is 1.45 bits per heavy atom. The SMILES string of the molecule is Cc1cccc2cc(CNCc3cc(C(C)(C)C)c(O)c(C(C)(C)C)c3)c(N(CC3CC3)CC3CC3)nc12. The standard InChI is InChI=1S/C34H47N3O/c1-22-9-8-10-26-17-27(32(36-30(22)26)37(20-23-11-12-23)21-24-13-14-24)19-35-18-25-15-28(33(2,3)4)31(38)29(16-25)34(5,6)7/h8-10,15-17,23-24,35,38H,11-14,18-21H2,1-7H3. The van der Waals surface area contributed by atoms with Crippen LogP contribution in [0, 0.1) is 18.8 Å². The number of aromatic nitrogens is 1. The minimum atomic E-state index is -0.125. The van der Waals surface area contributed by atoms with Crippen LogP contribution in [0.5, 0.6) is 5.75 Å². The minimum absolute atomic E-state index is 0.125. The molecule has 4 nitrogen and oxygen atoms in total. The molecule has 2 aromatic carbocycles. The zero-order valence-electron chi connectivity index (χ0n) is 24.6. The molecular weight excluding hydrogens is 466 g/mol. The zero-order valence-corrected chi connectivity index (χ0v) is 24.6. The predicted octanol–water partition coefficient (Wildman–Crippen LogP) is 7.76. The van der Waals surface area contributed by atoms with Gasteiger partial charge in [0.15, 0.2) is 0 Å². The van der Waals surface area contributed by atoms with Crippen LogP contribution in [0.2, 0.25) is 0 Å². The quantitative estimate of drug-likeness (QED) is 0.307. The Labute approximate surface area is 229 Å². The molecule has 0 unspecified atom stereocenters. The number of hydrogen-bond acceptors (Lipinski definition) is 4. The summed E-state index contributed by atoms with van der Waals surface area (Å²) in [5.41, 5.74) is 6.67. The van der Waals surface area contributed by atoms with E-state index in [0.29, 0.717) is 5.75 Å². The number of nitrogens with one attached hydrogen (secondary N) is 1. The van der Waals surface area contributed by atoms with Crippen molar-refractivity contribution in [3.05, 3.63) is 64.2 Å². The summed E-state index contributed by atoms with van der Waals surface area (Å²) in [7, 11) is 0. The minimum Gasteiger partial charge on any atom is -0.507 e. The van der Waals surface area contributed by atoms with Gasteiger partial charge in [0.25, 0.3) is 0 Å². The molecule has 204 valence electrons. The van der Waals surface area contributed by atoms with Gasteiger partial charge in [-0.25, -0.2) is 4.98 Å². The van der Waals surface area contributed by atoms with Crippen molar-refractivity contribution < 1.29 is 5.11 Å². The number of hydrogen-bond donors (Lipinski definition) is 2. The van der Waals surface area contributed by atoms with Crippen molar-refractivity contribution in [2.75, 3.05) is 18.0 Å². The molecule has 0 saturated heterocycles. The lowest BCUT2D eigenvalue weighted by Gasteiger charge is -2.28. The third-order valence-electron chi connectivity index (χ3n) is 8.18. The first-order valence-corrected chi connectivity index (χ1v) is 14.6. The lowest BCUT2D eigenvalue weighted by atomic mass is 9.78. The van der Waals surface area contributed by atoms with Crippen molar-refractivity contribution in [3.8, 4) is 5.75 Å². The predicted molar refractivity (Wildman–Crippen MR) is 160 cm³/mol. The summed E-state index contributed by atoms with van der Waals surface area (Å²) in [6, 6.07) is 13.2. The summed E-state index contributed by atoms with van der Waals surface area (Å²) in [5.74, 6) is 3.27. The highest BCUT2D eigenvalue weighted by molar-refractivity contribution is 5.84. The van der Waals surface area contributed by atoms with Gasteiger partial charge >= 0.3 is 0 Å². The molecule has 5 rings (SSSR count). The van der Waals surface area contributed by atoms with E-state index in [2.05, 4.69) is 95.1 Å². The highest BCUT2D eigenvalue weighted by Gasteiger charge is 2.31. The fourth-order valence-corrected chi connectivity index (χ4v) is 5.54. The van der Waals surface area contributed by atoms with Crippen molar-refractivity contribution in [3.63, 3.8) is 0 Å². The van der Waals surface area contributed by atoms with Crippen molar-refractivity contribution in [2.45, 2.75) is 98.1 Å². The van der Waals surface area contributed by atoms with E-state index in [9.17, 15) is 5.11 Å². The van der Waals surface area contributed by atoms with E-state index in [1.54, 1.807) is 0 Å². The van der Waals surface area contributed by atoms with Crippen LogP contribution in [0.1, 0.15) is 95.0 Å². The molecule has 1 heterocycles. The van der Waals surface area contributed by atoms with Crippen LogP contribution >= 0.6 is 0 Å². The Balaban J connectivity index is 1.45. The van der Waals surface area contributed by atoms with Gasteiger partial charge in [0, 0.05) is 37.1 Å². The van der Waals surface area contributed by atoms with Gasteiger partial charge in [-0.3, -0.25) is 0 Å². The molecule has 0 atom stereocenters. The number of nitrogens with zero attached hydrogens (tertiary/aromatic N) is 2. The maximum atomic E-state index is 11.1. The molecule has 2 N–H and O–H groups in total. The maximum Gasteiger partial charge on any atom is 0.133 e. The molecule has 2 aliphatic carbocycles. The second kappa shape index (κ2) is 10.2. The third kappa shape index (κ3) is 6.17. The molecule has 2 saturated carbocycles. The zero-order chi connectivity index (χ0) is 27.2. The summed E-state index contributed by atoms with van der Waals surface area (Å²) < 4.78 is 0. The first kappa shape index (κ1) is 27.0. The van der Waals surface area contributed by atoms with Crippen LogP contribution in [-0.4, -0.2) is 23.2 Å². The highest BCUT2D eigenvalue weighted by atomic mass is 16.3. The Morgan fingerprint density at radius 3 is 1.97 bits per heavy atom. The Bertz CT molecular complexity index is 1260. The van der Waals surface area contributed by atoms with E-state index in [-0.39, 0.29) is 10.8 Å². The first-order chi connectivity index (χ1) is 17.9. The van der Waals surface area contributed by atoms with E-state index in [0.717, 1.165) is 54.7 Å². The van der Waals surface area contributed by atoms with Crippen LogP contribution in [0.25, 0.3) is 10.9 Å². The van der Waals surface area contributed by atoms with Crippen molar-refractivity contribution in [1.82, 2.24) is 10.3 Å². The molecule has 0 amide bonds. The average molecular weight is 514 g/mol. The van der Waals surface area contributed by atoms with Gasteiger partial charge in [-0.2, -0.15) is 0 Å². The molecule has 38 heavy (non-hydrogen) atoms. The van der Waals surface area contributed by atoms with Crippen LogP contribution in [-0.2, 0) is 23.9 Å². The topological polar surface area (TPSA) is 48.4 Å². The van der Waals surface area contributed by atoms with Gasteiger partial charge in [-0.1, -0.05) is 71.9 Å². The van der Waals surface area contributed by atoms with Crippen LogP contribution in [0.4, 0.5) is 5.82 Å². The molecule has 1 aromatic heterocycles. The Kier molecular flexibility index (Phi) is 7.24. The summed E-state index contributed by atoms with van der Waals surface area (Å²) >= 11 is 0. The summed E-state index contributed by atoms with van der Waals surface area (Å²) in [6.07, 6.45) is 5.42. The number of para-hydroxylation sites is 1. The fraction of sp³-hybridized carbons (Fsp3) is 0.559. The molecule has 2 fully saturated rings. The van der Waals surface area contributed by atoms with E-state index >= 15 is 0 Å². The number of pyridine rings is 1. The monoisotopic (exact) mass is 513 g/mol. The number of aromatic hydroxyl groups is 1. The van der Waals surface area contributed by atoms with E-state index in [1.807, 2.05) is 0 Å². The molecule has 4 heteroatoms. The van der Waals surface area contributed by atoms with E-state index < -0.39 is 0 Å². The van der Waals surface area contributed by atoms with Crippen LogP contribution < -0.4 is 10.2 Å². The summed E-state index contributed by atoms with van der Waals surface area (Å²) in [5, 5.41) is 16.1. The van der Waals surface area contributed by atoms with Crippen LogP contribution in [0.3, 0.4) is 0 Å². The molecule has 0 spiro atoms. The molecule has 0 bridgehead atoms. The largest absolute Gasteiger partial charge is 0.507 e.